The molecule has 3 atom stereocenters. The van der Waals surface area contributed by atoms with Crippen LogP contribution in [-0.4, -0.2) is 34.5 Å². The molecule has 1 aromatic rings. The molecule has 3 rings (SSSR count). The molecule has 1 saturated carbocycles. The first-order valence-corrected chi connectivity index (χ1v) is 10.5. The molecule has 1 aliphatic heterocycles. The van der Waals surface area contributed by atoms with Gasteiger partial charge >= 0.3 is 5.97 Å². The number of fused-ring (bicyclic) bond motifs is 3. The highest BCUT2D eigenvalue weighted by molar-refractivity contribution is 5.82. The third kappa shape index (κ3) is 3.73. The zero-order valence-electron chi connectivity index (χ0n) is 17.7. The van der Waals surface area contributed by atoms with Crippen molar-refractivity contribution in [2.75, 3.05) is 6.61 Å². The second-order valence-electron chi connectivity index (χ2n) is 9.41. The summed E-state index contributed by atoms with van der Waals surface area (Å²) in [6.07, 6.45) is 3.70. The standard InChI is InChI=1S/C23H34O5/c1-6-7-10-27-21(26)22(2,3)14-11-18(25)20-16-13-15(24)8-9-17(16)23(4,5)28-19(20)12-14/h11-12,15-17,24-25H,6-10,13H2,1-5H3/t15-,16+,17+/m0/s1. The van der Waals surface area contributed by atoms with Gasteiger partial charge < -0.3 is 19.7 Å². The Kier molecular flexibility index (Phi) is 5.68. The van der Waals surface area contributed by atoms with Gasteiger partial charge in [-0.15, -0.1) is 0 Å². The van der Waals surface area contributed by atoms with E-state index >= 15 is 0 Å². The van der Waals surface area contributed by atoms with E-state index in [4.69, 9.17) is 9.47 Å². The van der Waals surface area contributed by atoms with Gasteiger partial charge in [0.05, 0.1) is 18.1 Å². The fraction of sp³-hybridized carbons (Fsp3) is 0.696. The fourth-order valence-electron chi connectivity index (χ4n) is 4.70. The Morgan fingerprint density at radius 3 is 2.71 bits per heavy atom. The van der Waals surface area contributed by atoms with Crippen molar-refractivity contribution in [3.05, 3.63) is 23.3 Å². The van der Waals surface area contributed by atoms with E-state index in [0.717, 1.165) is 31.2 Å². The summed E-state index contributed by atoms with van der Waals surface area (Å²) in [4.78, 5) is 12.6. The quantitative estimate of drug-likeness (QED) is 0.575. The van der Waals surface area contributed by atoms with E-state index in [1.54, 1.807) is 6.07 Å². The predicted octanol–water partition coefficient (Wildman–Crippen LogP) is 4.43. The van der Waals surface area contributed by atoms with Crippen LogP contribution < -0.4 is 4.74 Å². The summed E-state index contributed by atoms with van der Waals surface area (Å²) in [7, 11) is 0. The van der Waals surface area contributed by atoms with Gasteiger partial charge in [-0.2, -0.15) is 0 Å². The average molecular weight is 391 g/mol. The van der Waals surface area contributed by atoms with Crippen molar-refractivity contribution in [1.29, 1.82) is 0 Å². The van der Waals surface area contributed by atoms with E-state index in [-0.39, 0.29) is 29.7 Å². The Labute approximate surface area is 168 Å². The molecular formula is C23H34O5. The molecule has 1 aromatic carbocycles. The number of hydrogen-bond donors (Lipinski definition) is 2. The molecule has 0 spiro atoms. The maximum atomic E-state index is 12.6. The van der Waals surface area contributed by atoms with Crippen LogP contribution in [0, 0.1) is 5.92 Å². The molecule has 1 fully saturated rings. The lowest BCUT2D eigenvalue weighted by Crippen LogP contribution is -2.47. The fourth-order valence-corrected chi connectivity index (χ4v) is 4.70. The molecule has 2 aliphatic rings. The third-order valence-electron chi connectivity index (χ3n) is 6.54. The van der Waals surface area contributed by atoms with Gasteiger partial charge in [0.1, 0.15) is 17.1 Å². The van der Waals surface area contributed by atoms with Crippen molar-refractivity contribution in [1.82, 2.24) is 0 Å². The minimum absolute atomic E-state index is 0.0520. The van der Waals surface area contributed by atoms with Gasteiger partial charge in [-0.25, -0.2) is 0 Å². The number of benzene rings is 1. The lowest BCUT2D eigenvalue weighted by Gasteiger charge is -2.48. The first kappa shape index (κ1) is 21.0. The van der Waals surface area contributed by atoms with E-state index in [1.165, 1.54) is 0 Å². The molecule has 156 valence electrons. The molecule has 0 saturated heterocycles. The average Bonchev–Trinajstić information content (AvgIpc) is 2.60. The molecule has 1 heterocycles. The minimum atomic E-state index is -0.892. The number of aliphatic hydroxyl groups excluding tert-OH is 1. The summed E-state index contributed by atoms with van der Waals surface area (Å²) in [5.74, 6) is 0.746. The van der Waals surface area contributed by atoms with Crippen molar-refractivity contribution in [2.45, 2.75) is 89.8 Å². The maximum Gasteiger partial charge on any atom is 0.315 e. The molecule has 1 aliphatic carbocycles. The van der Waals surface area contributed by atoms with Gasteiger partial charge in [0.2, 0.25) is 0 Å². The van der Waals surface area contributed by atoms with E-state index in [1.807, 2.05) is 19.9 Å². The Balaban J connectivity index is 1.97. The lowest BCUT2D eigenvalue weighted by atomic mass is 9.65. The van der Waals surface area contributed by atoms with Gasteiger partial charge in [0.25, 0.3) is 0 Å². The van der Waals surface area contributed by atoms with Crippen LogP contribution in [0.3, 0.4) is 0 Å². The molecule has 0 aromatic heterocycles. The van der Waals surface area contributed by atoms with Crippen LogP contribution in [0.4, 0.5) is 0 Å². The molecule has 0 unspecified atom stereocenters. The van der Waals surface area contributed by atoms with Crippen LogP contribution in [-0.2, 0) is 14.9 Å². The summed E-state index contributed by atoms with van der Waals surface area (Å²) in [6.45, 7) is 10.2. The predicted molar refractivity (Wildman–Crippen MR) is 108 cm³/mol. The summed E-state index contributed by atoms with van der Waals surface area (Å²) in [5.41, 5.74) is 0.156. The molecule has 0 bridgehead atoms. The Hall–Kier alpha value is -1.75. The second-order valence-corrected chi connectivity index (χ2v) is 9.41. The second kappa shape index (κ2) is 7.58. The van der Waals surface area contributed by atoms with Crippen molar-refractivity contribution < 1.29 is 24.5 Å². The first-order chi connectivity index (χ1) is 13.1. The normalized spacial score (nSPS) is 26.0. The van der Waals surface area contributed by atoms with Crippen LogP contribution in [0.15, 0.2) is 12.1 Å². The SMILES string of the molecule is CCCCOC(=O)C(C)(C)c1cc(O)c2c(c1)OC(C)(C)[C@@H]1CC[C@H](O)C[C@@H]21. The smallest absolute Gasteiger partial charge is 0.315 e. The number of carbonyl (C=O) groups excluding carboxylic acids is 1. The van der Waals surface area contributed by atoms with Crippen LogP contribution in [0.2, 0.25) is 0 Å². The van der Waals surface area contributed by atoms with Gasteiger partial charge in [0.15, 0.2) is 0 Å². The lowest BCUT2D eigenvalue weighted by molar-refractivity contribution is -0.149. The van der Waals surface area contributed by atoms with Crippen molar-refractivity contribution in [3.63, 3.8) is 0 Å². The number of unbranched alkanes of at least 4 members (excludes halogenated alkanes) is 1. The number of phenols is 1. The molecule has 2 N–H and O–H groups in total. The number of aliphatic hydroxyl groups is 1. The third-order valence-corrected chi connectivity index (χ3v) is 6.54. The van der Waals surface area contributed by atoms with Crippen molar-refractivity contribution >= 4 is 5.97 Å². The van der Waals surface area contributed by atoms with E-state index in [2.05, 4.69) is 20.8 Å². The highest BCUT2D eigenvalue weighted by Crippen LogP contribution is 2.55. The number of aromatic hydroxyl groups is 1. The zero-order valence-corrected chi connectivity index (χ0v) is 17.7. The number of hydrogen-bond acceptors (Lipinski definition) is 5. The van der Waals surface area contributed by atoms with Gasteiger partial charge in [-0.3, -0.25) is 4.79 Å². The number of ether oxygens (including phenoxy) is 2. The van der Waals surface area contributed by atoms with E-state index < -0.39 is 11.0 Å². The van der Waals surface area contributed by atoms with Gasteiger partial charge in [-0.1, -0.05) is 13.3 Å². The summed E-state index contributed by atoms with van der Waals surface area (Å²) in [5, 5.41) is 21.1. The summed E-state index contributed by atoms with van der Waals surface area (Å²) < 4.78 is 11.8. The summed E-state index contributed by atoms with van der Waals surface area (Å²) >= 11 is 0. The Morgan fingerprint density at radius 1 is 1.32 bits per heavy atom. The van der Waals surface area contributed by atoms with Gasteiger partial charge in [-0.05, 0) is 71.1 Å². The Morgan fingerprint density at radius 2 is 2.04 bits per heavy atom. The number of carbonyl (C=O) groups is 1. The van der Waals surface area contributed by atoms with E-state index in [9.17, 15) is 15.0 Å². The van der Waals surface area contributed by atoms with Crippen LogP contribution >= 0.6 is 0 Å². The van der Waals surface area contributed by atoms with Crippen LogP contribution in [0.1, 0.15) is 83.8 Å². The first-order valence-electron chi connectivity index (χ1n) is 10.5. The molecule has 5 heteroatoms. The Bertz CT molecular complexity index is 737. The zero-order chi connectivity index (χ0) is 20.7. The molecule has 0 amide bonds. The topological polar surface area (TPSA) is 76.0 Å². The molecule has 0 radical (unpaired) electrons. The number of phenolic OH excluding ortho intramolecular Hbond substituents is 1. The highest BCUT2D eigenvalue weighted by atomic mass is 16.5. The highest BCUT2D eigenvalue weighted by Gasteiger charge is 2.48. The minimum Gasteiger partial charge on any atom is -0.508 e. The number of esters is 1. The van der Waals surface area contributed by atoms with Crippen LogP contribution in [0.25, 0.3) is 0 Å². The van der Waals surface area contributed by atoms with Crippen LogP contribution in [0.5, 0.6) is 11.5 Å². The van der Waals surface area contributed by atoms with Crippen molar-refractivity contribution in [3.8, 4) is 11.5 Å². The molecule has 28 heavy (non-hydrogen) atoms. The monoisotopic (exact) mass is 390 g/mol. The molecular weight excluding hydrogens is 356 g/mol. The largest absolute Gasteiger partial charge is 0.508 e. The maximum absolute atomic E-state index is 12.6. The van der Waals surface area contributed by atoms with Gasteiger partial charge in [0, 0.05) is 17.4 Å². The van der Waals surface area contributed by atoms with Crippen molar-refractivity contribution in [2.24, 2.45) is 5.92 Å². The molecule has 5 nitrogen and oxygen atoms in total. The number of rotatable bonds is 5. The van der Waals surface area contributed by atoms with E-state index in [0.29, 0.717) is 24.3 Å². The summed E-state index contributed by atoms with van der Waals surface area (Å²) in [6, 6.07) is 3.54.